The molecule has 0 spiro atoms. The van der Waals surface area contributed by atoms with Gasteiger partial charge in [-0.2, -0.15) is 0 Å². The van der Waals surface area contributed by atoms with Crippen molar-refractivity contribution in [1.29, 1.82) is 0 Å². The second-order valence-electron chi connectivity index (χ2n) is 4.68. The highest BCUT2D eigenvalue weighted by Crippen LogP contribution is 2.24. The van der Waals surface area contributed by atoms with Crippen LogP contribution in [0.4, 0.5) is 4.79 Å². The average molecular weight is 260 g/mol. The molecule has 4 N–H and O–H groups in total. The maximum Gasteiger partial charge on any atom is 0.326 e. The zero-order valence-corrected chi connectivity index (χ0v) is 10.6. The van der Waals surface area contributed by atoms with Gasteiger partial charge in [-0.1, -0.05) is 0 Å². The number of aliphatic hydroxyl groups excluding tert-OH is 1. The van der Waals surface area contributed by atoms with E-state index >= 15 is 0 Å². The molecule has 0 saturated carbocycles. The number of amides is 2. The monoisotopic (exact) mass is 260 g/mol. The molecule has 2 amide bonds. The lowest BCUT2D eigenvalue weighted by atomic mass is 9.95. The van der Waals surface area contributed by atoms with Gasteiger partial charge in [0.25, 0.3) is 0 Å². The number of aliphatic carboxylic acids is 1. The fraction of sp³-hybridized carbons (Fsp3) is 0.818. The van der Waals surface area contributed by atoms with Crippen LogP contribution in [0.3, 0.4) is 0 Å². The smallest absolute Gasteiger partial charge is 0.326 e. The number of urea groups is 1. The fourth-order valence-corrected chi connectivity index (χ4v) is 1.84. The summed E-state index contributed by atoms with van der Waals surface area (Å²) in [7, 11) is 0. The van der Waals surface area contributed by atoms with Crippen LogP contribution in [0, 0.1) is 0 Å². The van der Waals surface area contributed by atoms with Gasteiger partial charge in [-0.15, -0.1) is 0 Å². The predicted molar refractivity (Wildman–Crippen MR) is 63.2 cm³/mol. The van der Waals surface area contributed by atoms with Gasteiger partial charge >= 0.3 is 12.0 Å². The summed E-state index contributed by atoms with van der Waals surface area (Å²) in [6, 6.07) is -1.65. The number of hydrogen-bond acceptors (Lipinski definition) is 4. The first-order valence-corrected chi connectivity index (χ1v) is 5.93. The molecule has 1 aliphatic heterocycles. The molecule has 1 rings (SSSR count). The third-order valence-corrected chi connectivity index (χ3v) is 3.31. The summed E-state index contributed by atoms with van der Waals surface area (Å²) in [4.78, 5) is 22.5. The number of carboxylic acid groups (broad SMARTS) is 1. The van der Waals surface area contributed by atoms with E-state index in [9.17, 15) is 9.59 Å². The molecule has 0 aliphatic carbocycles. The third kappa shape index (κ3) is 3.58. The highest BCUT2D eigenvalue weighted by molar-refractivity contribution is 5.82. The van der Waals surface area contributed by atoms with Crippen LogP contribution in [-0.4, -0.2) is 53.1 Å². The van der Waals surface area contributed by atoms with Crippen LogP contribution in [0.5, 0.6) is 0 Å². The Morgan fingerprint density at radius 2 is 2.22 bits per heavy atom. The Morgan fingerprint density at radius 1 is 1.56 bits per heavy atom. The molecule has 0 aromatic heterocycles. The molecule has 0 aromatic rings. The van der Waals surface area contributed by atoms with Gasteiger partial charge in [0.2, 0.25) is 0 Å². The van der Waals surface area contributed by atoms with E-state index in [2.05, 4.69) is 10.6 Å². The third-order valence-electron chi connectivity index (χ3n) is 3.31. The van der Waals surface area contributed by atoms with Crippen LogP contribution in [0.2, 0.25) is 0 Å². The molecule has 0 aromatic carbocycles. The largest absolute Gasteiger partial charge is 0.480 e. The van der Waals surface area contributed by atoms with E-state index in [0.717, 1.165) is 0 Å². The number of rotatable bonds is 5. The van der Waals surface area contributed by atoms with Crippen LogP contribution >= 0.6 is 0 Å². The predicted octanol–water partition coefficient (Wildman–Crippen LogP) is -0.311. The second-order valence-corrected chi connectivity index (χ2v) is 4.68. The zero-order valence-electron chi connectivity index (χ0n) is 10.6. The molecule has 7 heteroatoms. The standard InChI is InChI=1S/C11H20N2O5/c1-7-11(2,4-6-18-7)13-10(17)12-8(3-5-14)9(15)16/h7-8,14H,3-6H2,1-2H3,(H,15,16)(H2,12,13,17)/t7?,8-,11?/m0/s1. The number of carboxylic acids is 1. The molecule has 2 unspecified atom stereocenters. The summed E-state index contributed by atoms with van der Waals surface area (Å²) in [5.41, 5.74) is -0.494. The van der Waals surface area contributed by atoms with E-state index in [0.29, 0.717) is 13.0 Å². The zero-order chi connectivity index (χ0) is 13.8. The molecule has 3 atom stereocenters. The van der Waals surface area contributed by atoms with Gasteiger partial charge in [0.05, 0.1) is 11.6 Å². The molecule has 18 heavy (non-hydrogen) atoms. The van der Waals surface area contributed by atoms with E-state index < -0.39 is 23.6 Å². The normalized spacial score (nSPS) is 28.7. The van der Waals surface area contributed by atoms with Gasteiger partial charge in [-0.3, -0.25) is 0 Å². The van der Waals surface area contributed by atoms with E-state index in [1.165, 1.54) is 0 Å². The van der Waals surface area contributed by atoms with Crippen molar-refractivity contribution in [3.05, 3.63) is 0 Å². The first kappa shape index (κ1) is 14.7. The maximum absolute atomic E-state index is 11.7. The van der Waals surface area contributed by atoms with Gasteiger partial charge in [0.1, 0.15) is 6.04 Å². The molecule has 1 aliphatic rings. The van der Waals surface area contributed by atoms with Crippen LogP contribution < -0.4 is 10.6 Å². The molecule has 1 saturated heterocycles. The van der Waals surface area contributed by atoms with E-state index in [4.69, 9.17) is 14.9 Å². The molecule has 7 nitrogen and oxygen atoms in total. The van der Waals surface area contributed by atoms with Gasteiger partial charge in [0.15, 0.2) is 0 Å². The van der Waals surface area contributed by atoms with Crippen molar-refractivity contribution in [3.8, 4) is 0 Å². The van der Waals surface area contributed by atoms with Crippen LogP contribution in [0.1, 0.15) is 26.7 Å². The summed E-state index contributed by atoms with van der Waals surface area (Å²) in [5.74, 6) is -1.17. The van der Waals surface area contributed by atoms with Crippen LogP contribution in [-0.2, 0) is 9.53 Å². The first-order valence-electron chi connectivity index (χ1n) is 5.93. The number of carbonyl (C=O) groups is 2. The Kier molecular flexibility index (Phi) is 4.92. The van der Waals surface area contributed by atoms with Gasteiger partial charge in [0, 0.05) is 19.6 Å². The summed E-state index contributed by atoms with van der Waals surface area (Å²) >= 11 is 0. The Labute approximate surface area is 106 Å². The van der Waals surface area contributed by atoms with Crippen molar-refractivity contribution in [2.24, 2.45) is 0 Å². The lowest BCUT2D eigenvalue weighted by Crippen LogP contribution is -2.56. The maximum atomic E-state index is 11.7. The van der Waals surface area contributed by atoms with E-state index in [1.54, 1.807) is 0 Å². The van der Waals surface area contributed by atoms with Crippen LogP contribution in [0.15, 0.2) is 0 Å². The molecule has 0 bridgehead atoms. The van der Waals surface area contributed by atoms with Crippen molar-refractivity contribution < 1.29 is 24.5 Å². The Bertz CT molecular complexity index is 323. The highest BCUT2D eigenvalue weighted by Gasteiger charge is 2.38. The number of nitrogens with one attached hydrogen (secondary N) is 2. The quantitative estimate of drug-likeness (QED) is 0.542. The van der Waals surface area contributed by atoms with Gasteiger partial charge < -0.3 is 25.6 Å². The number of aliphatic hydroxyl groups is 1. The summed E-state index contributed by atoms with van der Waals surface area (Å²) in [6.07, 6.45) is 0.537. The number of carbonyl (C=O) groups excluding carboxylic acids is 1. The summed E-state index contributed by atoms with van der Waals surface area (Å²) < 4.78 is 5.37. The second kappa shape index (κ2) is 6.01. The molecule has 1 heterocycles. The van der Waals surface area contributed by atoms with Crippen molar-refractivity contribution in [3.63, 3.8) is 0 Å². The Hall–Kier alpha value is -1.34. The number of hydrogen-bond donors (Lipinski definition) is 4. The Balaban J connectivity index is 2.52. The fourth-order valence-electron chi connectivity index (χ4n) is 1.84. The minimum Gasteiger partial charge on any atom is -0.480 e. The topological polar surface area (TPSA) is 108 Å². The summed E-state index contributed by atoms with van der Waals surface area (Å²) in [5, 5.41) is 22.6. The molecule has 1 fully saturated rings. The van der Waals surface area contributed by atoms with E-state index in [1.807, 2.05) is 13.8 Å². The van der Waals surface area contributed by atoms with Gasteiger partial charge in [-0.25, -0.2) is 9.59 Å². The van der Waals surface area contributed by atoms with Crippen LogP contribution in [0.25, 0.3) is 0 Å². The first-order chi connectivity index (χ1) is 8.39. The molecule has 0 radical (unpaired) electrons. The molecular formula is C11H20N2O5. The van der Waals surface area contributed by atoms with Crippen molar-refractivity contribution >= 4 is 12.0 Å². The van der Waals surface area contributed by atoms with Crippen molar-refractivity contribution in [2.75, 3.05) is 13.2 Å². The average Bonchev–Trinajstić information content (AvgIpc) is 2.58. The minimum absolute atomic E-state index is 0.0223. The van der Waals surface area contributed by atoms with E-state index in [-0.39, 0.29) is 19.1 Å². The highest BCUT2D eigenvalue weighted by atomic mass is 16.5. The Morgan fingerprint density at radius 3 is 2.67 bits per heavy atom. The lowest BCUT2D eigenvalue weighted by Gasteiger charge is -2.29. The van der Waals surface area contributed by atoms with Crippen molar-refractivity contribution in [1.82, 2.24) is 10.6 Å². The minimum atomic E-state index is -1.17. The lowest BCUT2D eigenvalue weighted by molar-refractivity contribution is -0.139. The molecule has 104 valence electrons. The van der Waals surface area contributed by atoms with Gasteiger partial charge in [-0.05, 0) is 20.3 Å². The van der Waals surface area contributed by atoms with Crippen molar-refractivity contribution in [2.45, 2.75) is 44.4 Å². The molecular weight excluding hydrogens is 240 g/mol. The number of ether oxygens (including phenoxy) is 1. The SMILES string of the molecule is CC1OCCC1(C)NC(=O)N[C@@H](CCO)C(=O)O. The summed E-state index contributed by atoms with van der Waals surface area (Å²) in [6.45, 7) is 3.98.